The molecule has 1 N–H and O–H groups in total. The van der Waals surface area contributed by atoms with Crippen molar-refractivity contribution in [2.45, 2.75) is 25.8 Å². The number of hydrogen-bond acceptors (Lipinski definition) is 2. The number of nitrogens with one attached hydrogen (secondary N) is 1. The van der Waals surface area contributed by atoms with Crippen LogP contribution in [0.5, 0.6) is 0 Å². The molecule has 0 aliphatic rings. The Morgan fingerprint density at radius 3 is 2.75 bits per heavy atom. The summed E-state index contributed by atoms with van der Waals surface area (Å²) in [5.41, 5.74) is 0.713. The molecule has 1 aromatic carbocycles. The fourth-order valence-corrected chi connectivity index (χ4v) is 4.22. The molecule has 0 aliphatic heterocycles. The predicted molar refractivity (Wildman–Crippen MR) is 90.9 cm³/mol. The van der Waals surface area contributed by atoms with Gasteiger partial charge in [0.2, 0.25) is 0 Å². The Hall–Kier alpha value is -0.230. The highest BCUT2D eigenvalue weighted by molar-refractivity contribution is 9.10. The highest BCUT2D eigenvalue weighted by Crippen LogP contribution is 2.31. The van der Waals surface area contributed by atoms with E-state index in [-0.39, 0.29) is 11.9 Å². The highest BCUT2D eigenvalue weighted by atomic mass is 79.9. The second-order valence-electron chi connectivity index (χ2n) is 4.58. The molecule has 0 radical (unpaired) electrons. The van der Waals surface area contributed by atoms with Crippen molar-refractivity contribution < 1.29 is 4.39 Å². The van der Waals surface area contributed by atoms with E-state index in [2.05, 4.69) is 55.5 Å². The molecule has 0 amide bonds. The molecule has 1 heterocycles. The topological polar surface area (TPSA) is 12.0 Å². The SMILES string of the molecule is CCCNC(Cc1cc(Br)cs1)c1c(F)cccc1Br. The predicted octanol–water partition coefficient (Wildman–Crippen LogP) is 5.70. The van der Waals surface area contributed by atoms with Gasteiger partial charge in [0.1, 0.15) is 5.82 Å². The van der Waals surface area contributed by atoms with E-state index >= 15 is 0 Å². The number of halogens is 3. The van der Waals surface area contributed by atoms with Crippen LogP contribution in [0.25, 0.3) is 0 Å². The molecule has 0 spiro atoms. The fraction of sp³-hybridized carbons (Fsp3) is 0.333. The Balaban J connectivity index is 2.27. The molecule has 108 valence electrons. The van der Waals surface area contributed by atoms with E-state index in [1.54, 1.807) is 17.4 Å². The van der Waals surface area contributed by atoms with Crippen molar-refractivity contribution in [3.8, 4) is 0 Å². The summed E-state index contributed by atoms with van der Waals surface area (Å²) in [5.74, 6) is -0.163. The van der Waals surface area contributed by atoms with Crippen LogP contribution in [0, 0.1) is 5.82 Å². The van der Waals surface area contributed by atoms with Crippen LogP contribution in [0.3, 0.4) is 0 Å². The van der Waals surface area contributed by atoms with Crippen molar-refractivity contribution in [2.24, 2.45) is 0 Å². The zero-order valence-electron chi connectivity index (χ0n) is 11.1. The first-order valence-corrected chi connectivity index (χ1v) is 8.98. The average Bonchev–Trinajstić information content (AvgIpc) is 2.81. The Kier molecular flexibility index (Phi) is 6.20. The van der Waals surface area contributed by atoms with E-state index in [0.29, 0.717) is 5.56 Å². The van der Waals surface area contributed by atoms with Crippen molar-refractivity contribution in [1.82, 2.24) is 5.32 Å². The van der Waals surface area contributed by atoms with E-state index in [4.69, 9.17) is 0 Å². The maximum Gasteiger partial charge on any atom is 0.129 e. The first kappa shape index (κ1) is 16.1. The van der Waals surface area contributed by atoms with Gasteiger partial charge in [0, 0.05) is 37.2 Å². The molecule has 2 rings (SSSR count). The van der Waals surface area contributed by atoms with Crippen LogP contribution in [0.4, 0.5) is 4.39 Å². The maximum absolute atomic E-state index is 14.2. The third-order valence-electron chi connectivity index (χ3n) is 3.02. The summed E-state index contributed by atoms with van der Waals surface area (Å²) in [6.45, 7) is 2.99. The first-order valence-electron chi connectivity index (χ1n) is 6.52. The van der Waals surface area contributed by atoms with Crippen molar-refractivity contribution in [2.75, 3.05) is 6.54 Å². The van der Waals surface area contributed by atoms with Gasteiger partial charge in [-0.05, 0) is 47.1 Å². The lowest BCUT2D eigenvalue weighted by molar-refractivity contribution is 0.497. The second kappa shape index (κ2) is 7.69. The van der Waals surface area contributed by atoms with Crippen LogP contribution in [0.15, 0.2) is 38.6 Å². The van der Waals surface area contributed by atoms with Gasteiger partial charge in [0.15, 0.2) is 0 Å². The highest BCUT2D eigenvalue weighted by Gasteiger charge is 2.19. The zero-order chi connectivity index (χ0) is 14.5. The van der Waals surface area contributed by atoms with E-state index in [1.807, 2.05) is 6.07 Å². The van der Waals surface area contributed by atoms with Crippen LogP contribution in [0.2, 0.25) is 0 Å². The summed E-state index contributed by atoms with van der Waals surface area (Å²) < 4.78 is 16.1. The Morgan fingerprint density at radius 2 is 2.15 bits per heavy atom. The lowest BCUT2D eigenvalue weighted by Crippen LogP contribution is -2.25. The minimum atomic E-state index is -0.163. The van der Waals surface area contributed by atoms with Gasteiger partial charge < -0.3 is 5.32 Å². The van der Waals surface area contributed by atoms with Crippen LogP contribution < -0.4 is 5.32 Å². The van der Waals surface area contributed by atoms with Gasteiger partial charge in [-0.3, -0.25) is 0 Å². The van der Waals surface area contributed by atoms with Gasteiger partial charge in [0.05, 0.1) is 0 Å². The number of hydrogen-bond donors (Lipinski definition) is 1. The van der Waals surface area contributed by atoms with E-state index in [9.17, 15) is 4.39 Å². The minimum absolute atomic E-state index is 0.0175. The molecule has 0 bridgehead atoms. The van der Waals surface area contributed by atoms with Gasteiger partial charge in [-0.2, -0.15) is 0 Å². The second-order valence-corrected chi connectivity index (χ2v) is 7.34. The van der Waals surface area contributed by atoms with E-state index in [1.165, 1.54) is 10.9 Å². The molecule has 1 aromatic heterocycles. The summed E-state index contributed by atoms with van der Waals surface area (Å²) in [6.07, 6.45) is 1.81. The normalized spacial score (nSPS) is 12.6. The maximum atomic E-state index is 14.2. The third kappa shape index (κ3) is 4.13. The fourth-order valence-electron chi connectivity index (χ4n) is 2.10. The molecular weight excluding hydrogens is 405 g/mol. The molecular formula is C15H16Br2FNS. The van der Waals surface area contributed by atoms with Gasteiger partial charge in [-0.25, -0.2) is 4.39 Å². The summed E-state index contributed by atoms with van der Waals surface area (Å²) in [7, 11) is 0. The summed E-state index contributed by atoms with van der Waals surface area (Å²) >= 11 is 8.63. The molecule has 1 atom stereocenters. The lowest BCUT2D eigenvalue weighted by atomic mass is 10.0. The number of benzene rings is 1. The van der Waals surface area contributed by atoms with E-state index in [0.717, 1.165) is 28.3 Å². The molecule has 0 saturated heterocycles. The van der Waals surface area contributed by atoms with Crippen LogP contribution in [-0.4, -0.2) is 6.54 Å². The molecule has 0 aliphatic carbocycles. The van der Waals surface area contributed by atoms with Gasteiger partial charge in [-0.15, -0.1) is 11.3 Å². The zero-order valence-corrected chi connectivity index (χ0v) is 15.1. The quantitative estimate of drug-likeness (QED) is 0.632. The van der Waals surface area contributed by atoms with Crippen molar-refractivity contribution in [3.63, 3.8) is 0 Å². The summed E-state index contributed by atoms with van der Waals surface area (Å²) in [4.78, 5) is 1.24. The number of thiophene rings is 1. The van der Waals surface area contributed by atoms with Crippen molar-refractivity contribution in [1.29, 1.82) is 0 Å². The van der Waals surface area contributed by atoms with Crippen LogP contribution in [0.1, 0.15) is 29.8 Å². The molecule has 0 fully saturated rings. The molecule has 2 aromatic rings. The minimum Gasteiger partial charge on any atom is -0.309 e. The Labute approximate surface area is 139 Å². The summed E-state index contributed by atoms with van der Waals surface area (Å²) in [6, 6.07) is 7.21. The Bertz CT molecular complexity index is 551. The van der Waals surface area contributed by atoms with E-state index < -0.39 is 0 Å². The van der Waals surface area contributed by atoms with Crippen LogP contribution in [-0.2, 0) is 6.42 Å². The van der Waals surface area contributed by atoms with Crippen molar-refractivity contribution in [3.05, 3.63) is 54.8 Å². The van der Waals surface area contributed by atoms with Gasteiger partial charge in [-0.1, -0.05) is 28.9 Å². The van der Waals surface area contributed by atoms with Gasteiger partial charge >= 0.3 is 0 Å². The average molecular weight is 421 g/mol. The largest absolute Gasteiger partial charge is 0.309 e. The molecule has 5 heteroatoms. The molecule has 1 nitrogen and oxygen atoms in total. The Morgan fingerprint density at radius 1 is 1.35 bits per heavy atom. The molecule has 1 unspecified atom stereocenters. The smallest absolute Gasteiger partial charge is 0.129 e. The standard InChI is InChI=1S/C15H16Br2FNS/c1-2-6-19-14(8-11-7-10(16)9-20-11)15-12(17)4-3-5-13(15)18/h3-5,7,9,14,19H,2,6,8H2,1H3. The number of rotatable bonds is 6. The molecule has 20 heavy (non-hydrogen) atoms. The van der Waals surface area contributed by atoms with Gasteiger partial charge in [0.25, 0.3) is 0 Å². The van der Waals surface area contributed by atoms with Crippen LogP contribution >= 0.6 is 43.2 Å². The first-order chi connectivity index (χ1) is 9.61. The van der Waals surface area contributed by atoms with Crippen molar-refractivity contribution >= 4 is 43.2 Å². The lowest BCUT2D eigenvalue weighted by Gasteiger charge is -2.20. The third-order valence-corrected chi connectivity index (χ3v) is 5.43. The monoisotopic (exact) mass is 419 g/mol. The summed E-state index contributed by atoms with van der Waals surface area (Å²) in [5, 5.41) is 5.50. The molecule has 0 saturated carbocycles.